The smallest absolute Gasteiger partial charge is 0.387 e. The Morgan fingerprint density at radius 1 is 0.950 bits per heavy atom. The predicted octanol–water partition coefficient (Wildman–Crippen LogP) is 3.34. The summed E-state index contributed by atoms with van der Waals surface area (Å²) in [5.41, 5.74) is 7.83. The van der Waals surface area contributed by atoms with Crippen molar-refractivity contribution in [1.29, 1.82) is 0 Å². The molecule has 2 rings (SSSR count). The fraction of sp³-hybridized carbons (Fsp3) is 0.200. The van der Waals surface area contributed by atoms with Gasteiger partial charge in [-0.15, -0.1) is 0 Å². The number of hydrogen-bond donors (Lipinski definition) is 1. The van der Waals surface area contributed by atoms with Gasteiger partial charge in [-0.25, -0.2) is 0 Å². The minimum absolute atomic E-state index is 0.113. The van der Waals surface area contributed by atoms with Crippen molar-refractivity contribution in [3.05, 3.63) is 59.7 Å². The number of rotatable bonds is 5. The van der Waals surface area contributed by atoms with Crippen LogP contribution in [0, 0.1) is 0 Å². The highest BCUT2D eigenvalue weighted by molar-refractivity contribution is 5.38. The summed E-state index contributed by atoms with van der Waals surface area (Å²) in [7, 11) is 1.58. The molecule has 5 heteroatoms. The Morgan fingerprint density at radius 3 is 2.25 bits per heavy atom. The Balaban J connectivity index is 2.17. The van der Waals surface area contributed by atoms with Crippen LogP contribution in [0.25, 0.3) is 0 Å². The molecule has 0 fully saturated rings. The van der Waals surface area contributed by atoms with Gasteiger partial charge >= 0.3 is 6.61 Å². The number of ether oxygens (including phenoxy) is 2. The number of hydrogen-bond acceptors (Lipinski definition) is 3. The predicted molar refractivity (Wildman–Crippen MR) is 72.1 cm³/mol. The fourth-order valence-corrected chi connectivity index (χ4v) is 1.88. The number of nitrogens with two attached hydrogens (primary N) is 1. The van der Waals surface area contributed by atoms with Crippen LogP contribution in [-0.2, 0) is 0 Å². The second-order valence-electron chi connectivity index (χ2n) is 4.20. The molecule has 2 aromatic rings. The Bertz CT molecular complexity index is 558. The fourth-order valence-electron chi connectivity index (χ4n) is 1.88. The van der Waals surface area contributed by atoms with Crippen LogP contribution < -0.4 is 15.2 Å². The Kier molecular flexibility index (Phi) is 4.53. The van der Waals surface area contributed by atoms with Gasteiger partial charge in [0.15, 0.2) is 0 Å². The molecule has 0 bridgehead atoms. The van der Waals surface area contributed by atoms with Gasteiger partial charge in [-0.05, 0) is 35.4 Å². The van der Waals surface area contributed by atoms with Gasteiger partial charge < -0.3 is 15.2 Å². The van der Waals surface area contributed by atoms with Crippen LogP contribution >= 0.6 is 0 Å². The summed E-state index contributed by atoms with van der Waals surface area (Å²) in [6, 6.07) is 13.3. The van der Waals surface area contributed by atoms with Gasteiger partial charge in [-0.3, -0.25) is 0 Å². The van der Waals surface area contributed by atoms with Crippen LogP contribution in [0.4, 0.5) is 8.78 Å². The van der Waals surface area contributed by atoms with Crippen LogP contribution in [-0.4, -0.2) is 13.7 Å². The van der Waals surface area contributed by atoms with E-state index in [2.05, 4.69) is 4.74 Å². The second-order valence-corrected chi connectivity index (χ2v) is 4.20. The van der Waals surface area contributed by atoms with Crippen molar-refractivity contribution in [2.24, 2.45) is 5.73 Å². The molecule has 106 valence electrons. The van der Waals surface area contributed by atoms with Crippen molar-refractivity contribution in [2.45, 2.75) is 12.7 Å². The summed E-state index contributed by atoms with van der Waals surface area (Å²) >= 11 is 0. The highest BCUT2D eigenvalue weighted by Crippen LogP contribution is 2.25. The van der Waals surface area contributed by atoms with E-state index >= 15 is 0 Å². The van der Waals surface area contributed by atoms with Crippen LogP contribution in [0.5, 0.6) is 11.5 Å². The van der Waals surface area contributed by atoms with Gasteiger partial charge in [0.25, 0.3) is 0 Å². The van der Waals surface area contributed by atoms with E-state index in [1.165, 1.54) is 12.1 Å². The average molecular weight is 279 g/mol. The summed E-state index contributed by atoms with van der Waals surface area (Å²) in [6.07, 6.45) is 0. The van der Waals surface area contributed by atoms with E-state index in [0.717, 1.165) is 16.9 Å². The molecule has 1 atom stereocenters. The minimum atomic E-state index is -2.83. The molecule has 0 aliphatic rings. The SMILES string of the molecule is COc1cccc(C(N)c2ccc(OC(F)F)cc2)c1. The molecule has 20 heavy (non-hydrogen) atoms. The standard InChI is InChI=1S/C15H15F2NO2/c1-19-13-4-2-3-11(9-13)14(18)10-5-7-12(8-6-10)20-15(16)17/h2-9,14-15H,18H2,1H3. The first-order chi connectivity index (χ1) is 9.60. The summed E-state index contributed by atoms with van der Waals surface area (Å²) in [6.45, 7) is -2.83. The topological polar surface area (TPSA) is 44.5 Å². The maximum Gasteiger partial charge on any atom is 0.387 e. The van der Waals surface area contributed by atoms with Crippen molar-refractivity contribution in [1.82, 2.24) is 0 Å². The van der Waals surface area contributed by atoms with Crippen LogP contribution in [0.1, 0.15) is 17.2 Å². The maximum atomic E-state index is 12.1. The van der Waals surface area contributed by atoms with Crippen molar-refractivity contribution in [3.8, 4) is 11.5 Å². The van der Waals surface area contributed by atoms with E-state index < -0.39 is 6.61 Å². The quantitative estimate of drug-likeness (QED) is 0.913. The lowest BCUT2D eigenvalue weighted by molar-refractivity contribution is -0.0498. The van der Waals surface area contributed by atoms with Gasteiger partial charge in [0.2, 0.25) is 0 Å². The molecule has 0 heterocycles. The van der Waals surface area contributed by atoms with E-state index in [4.69, 9.17) is 10.5 Å². The van der Waals surface area contributed by atoms with Gasteiger partial charge in [-0.2, -0.15) is 8.78 Å². The van der Waals surface area contributed by atoms with E-state index in [1.54, 1.807) is 19.2 Å². The van der Waals surface area contributed by atoms with Crippen LogP contribution in [0.2, 0.25) is 0 Å². The molecule has 0 saturated heterocycles. The van der Waals surface area contributed by atoms with Crippen molar-refractivity contribution in [3.63, 3.8) is 0 Å². The lowest BCUT2D eigenvalue weighted by atomic mass is 9.99. The van der Waals surface area contributed by atoms with Crippen molar-refractivity contribution < 1.29 is 18.3 Å². The normalized spacial score (nSPS) is 12.2. The lowest BCUT2D eigenvalue weighted by Crippen LogP contribution is -2.12. The monoisotopic (exact) mass is 279 g/mol. The highest BCUT2D eigenvalue weighted by Gasteiger charge is 2.11. The zero-order valence-corrected chi connectivity index (χ0v) is 10.9. The molecule has 0 radical (unpaired) electrons. The lowest BCUT2D eigenvalue weighted by Gasteiger charge is -2.14. The third-order valence-corrected chi connectivity index (χ3v) is 2.92. The Labute approximate surface area is 115 Å². The molecular weight excluding hydrogens is 264 g/mol. The number of alkyl halides is 2. The second kappa shape index (κ2) is 6.34. The van der Waals surface area contributed by atoms with Gasteiger partial charge in [0, 0.05) is 0 Å². The molecule has 0 aromatic heterocycles. The molecule has 2 aromatic carbocycles. The largest absolute Gasteiger partial charge is 0.497 e. The van der Waals surface area contributed by atoms with Gasteiger partial charge in [0.05, 0.1) is 13.2 Å². The zero-order valence-electron chi connectivity index (χ0n) is 10.9. The third-order valence-electron chi connectivity index (χ3n) is 2.92. The van der Waals surface area contributed by atoms with Crippen molar-refractivity contribution >= 4 is 0 Å². The first kappa shape index (κ1) is 14.3. The van der Waals surface area contributed by atoms with Crippen molar-refractivity contribution in [2.75, 3.05) is 7.11 Å². The molecule has 3 nitrogen and oxygen atoms in total. The number of benzene rings is 2. The summed E-state index contributed by atoms with van der Waals surface area (Å²) in [4.78, 5) is 0. The molecule has 0 saturated carbocycles. The first-order valence-electron chi connectivity index (χ1n) is 6.04. The zero-order chi connectivity index (χ0) is 14.5. The average Bonchev–Trinajstić information content (AvgIpc) is 2.47. The van der Waals surface area contributed by atoms with Gasteiger partial charge in [-0.1, -0.05) is 24.3 Å². The molecule has 0 amide bonds. The Hall–Kier alpha value is -2.14. The van der Waals surface area contributed by atoms with E-state index in [9.17, 15) is 8.78 Å². The molecule has 1 unspecified atom stereocenters. The molecule has 0 aliphatic heterocycles. The summed E-state index contributed by atoms with van der Waals surface area (Å²) < 4.78 is 33.6. The molecular formula is C15H15F2NO2. The van der Waals surface area contributed by atoms with Gasteiger partial charge in [0.1, 0.15) is 11.5 Å². The van der Waals surface area contributed by atoms with E-state index in [1.807, 2.05) is 24.3 Å². The number of halogens is 2. The maximum absolute atomic E-state index is 12.1. The molecule has 2 N–H and O–H groups in total. The number of methoxy groups -OCH3 is 1. The van der Waals surface area contributed by atoms with E-state index in [-0.39, 0.29) is 11.8 Å². The van der Waals surface area contributed by atoms with Crippen LogP contribution in [0.15, 0.2) is 48.5 Å². The first-order valence-corrected chi connectivity index (χ1v) is 6.04. The molecule has 0 aliphatic carbocycles. The summed E-state index contributed by atoms with van der Waals surface area (Å²) in [5.74, 6) is 0.831. The van der Waals surface area contributed by atoms with E-state index in [0.29, 0.717) is 0 Å². The van der Waals surface area contributed by atoms with Crippen LogP contribution in [0.3, 0.4) is 0 Å². The Morgan fingerprint density at radius 2 is 1.65 bits per heavy atom. The highest BCUT2D eigenvalue weighted by atomic mass is 19.3. The minimum Gasteiger partial charge on any atom is -0.497 e. The summed E-state index contributed by atoms with van der Waals surface area (Å²) in [5, 5.41) is 0. The molecule has 0 spiro atoms. The third kappa shape index (κ3) is 3.45.